The Hall–Kier alpha value is -2.74. The van der Waals surface area contributed by atoms with Crippen molar-refractivity contribution in [2.45, 2.75) is 39.0 Å². The predicted molar refractivity (Wildman–Crippen MR) is 120 cm³/mol. The third-order valence-corrected chi connectivity index (χ3v) is 6.53. The molecular formula is C26H27NO. The Kier molecular flexibility index (Phi) is 4.16. The molecule has 0 unspecified atom stereocenters. The minimum absolute atomic E-state index is 0.606. The van der Waals surface area contributed by atoms with E-state index in [-0.39, 0.29) is 0 Å². The van der Waals surface area contributed by atoms with Crippen molar-refractivity contribution in [1.29, 1.82) is 0 Å². The molecular weight excluding hydrogens is 342 g/mol. The Bertz CT molecular complexity index is 1230. The van der Waals surface area contributed by atoms with Crippen LogP contribution in [0.5, 0.6) is 0 Å². The average Bonchev–Trinajstić information content (AvgIpc) is 3.19. The molecule has 5 rings (SSSR count). The van der Waals surface area contributed by atoms with Gasteiger partial charge in [0.2, 0.25) is 0 Å². The fourth-order valence-electron chi connectivity index (χ4n) is 5.19. The number of allylic oxidation sites excluding steroid dienone is 3. The Morgan fingerprint density at radius 1 is 1.04 bits per heavy atom. The van der Waals surface area contributed by atoms with Gasteiger partial charge in [0.25, 0.3) is 0 Å². The largest absolute Gasteiger partial charge is 0.461 e. The van der Waals surface area contributed by atoms with Gasteiger partial charge >= 0.3 is 0 Å². The Morgan fingerprint density at radius 3 is 2.61 bits per heavy atom. The van der Waals surface area contributed by atoms with E-state index in [0.29, 0.717) is 5.92 Å². The zero-order valence-electron chi connectivity index (χ0n) is 16.8. The molecule has 1 fully saturated rings. The van der Waals surface area contributed by atoms with Gasteiger partial charge in [0, 0.05) is 40.4 Å². The average molecular weight is 370 g/mol. The lowest BCUT2D eigenvalue weighted by molar-refractivity contribution is 0.429. The smallest absolute Gasteiger partial charge is 0.137 e. The van der Waals surface area contributed by atoms with Gasteiger partial charge in [-0.1, -0.05) is 56.2 Å². The molecule has 0 saturated heterocycles. The summed E-state index contributed by atoms with van der Waals surface area (Å²) in [5.74, 6) is 1.63. The summed E-state index contributed by atoms with van der Waals surface area (Å²) in [7, 11) is 2.14. The van der Waals surface area contributed by atoms with E-state index < -0.39 is 0 Å². The van der Waals surface area contributed by atoms with Gasteiger partial charge in [-0.25, -0.2) is 0 Å². The van der Waals surface area contributed by atoms with E-state index in [9.17, 15) is 0 Å². The first kappa shape index (κ1) is 17.4. The molecule has 0 amide bonds. The molecule has 2 nitrogen and oxygen atoms in total. The third kappa shape index (κ3) is 2.55. The summed E-state index contributed by atoms with van der Waals surface area (Å²) in [6.45, 7) is 6.11. The van der Waals surface area contributed by atoms with Gasteiger partial charge in [0.05, 0.1) is 5.52 Å². The highest BCUT2D eigenvalue weighted by Crippen LogP contribution is 2.42. The van der Waals surface area contributed by atoms with Crippen molar-refractivity contribution in [3.8, 4) is 0 Å². The fourth-order valence-corrected chi connectivity index (χ4v) is 5.19. The lowest BCUT2D eigenvalue weighted by Crippen LogP contribution is -2.09. The summed E-state index contributed by atoms with van der Waals surface area (Å²) in [4.78, 5) is 0. The van der Waals surface area contributed by atoms with Crippen molar-refractivity contribution in [3.63, 3.8) is 0 Å². The molecule has 28 heavy (non-hydrogen) atoms. The Labute approximate surface area is 166 Å². The molecule has 0 radical (unpaired) electrons. The van der Waals surface area contributed by atoms with E-state index in [4.69, 9.17) is 4.42 Å². The summed E-state index contributed by atoms with van der Waals surface area (Å²) >= 11 is 0. The molecule has 1 aliphatic carbocycles. The molecule has 2 aromatic heterocycles. The summed E-state index contributed by atoms with van der Waals surface area (Å²) in [5, 5.41) is 3.84. The second-order valence-corrected chi connectivity index (χ2v) is 8.17. The fraction of sp³-hybridized carbons (Fsp3) is 0.308. The first-order valence-corrected chi connectivity index (χ1v) is 10.4. The molecule has 4 aromatic rings. The van der Waals surface area contributed by atoms with E-state index in [1.54, 1.807) is 0 Å². The first-order chi connectivity index (χ1) is 13.7. The minimum atomic E-state index is 0.606. The monoisotopic (exact) mass is 369 g/mol. The SMILES string of the molecule is C=C/C=C(\c1c(C)oc2cc3c(cc12)c1ccccc1n3C)C1CCCCC1. The van der Waals surface area contributed by atoms with Gasteiger partial charge in [0.15, 0.2) is 0 Å². The minimum Gasteiger partial charge on any atom is -0.461 e. The van der Waals surface area contributed by atoms with Gasteiger partial charge < -0.3 is 8.98 Å². The van der Waals surface area contributed by atoms with E-state index in [2.05, 4.69) is 67.6 Å². The lowest BCUT2D eigenvalue weighted by Gasteiger charge is -2.24. The standard InChI is InChI=1S/C26H27NO/c1-4-10-19(18-11-6-5-7-12-18)26-17(2)28-25-16-24-21(15-22(25)26)20-13-8-9-14-23(20)27(24)3/h4,8-10,13-16,18H,1,5-7,11-12H2,2-3H3/b19-10-. The van der Waals surface area contributed by atoms with Gasteiger partial charge in [-0.15, -0.1) is 0 Å². The van der Waals surface area contributed by atoms with Crippen LogP contribution in [0.1, 0.15) is 43.4 Å². The van der Waals surface area contributed by atoms with Crippen molar-refractivity contribution in [2.75, 3.05) is 0 Å². The van der Waals surface area contributed by atoms with Crippen LogP contribution in [0.4, 0.5) is 0 Å². The van der Waals surface area contributed by atoms with Gasteiger partial charge in [-0.2, -0.15) is 0 Å². The van der Waals surface area contributed by atoms with E-state index in [0.717, 1.165) is 11.3 Å². The van der Waals surface area contributed by atoms with Gasteiger partial charge in [-0.05, 0) is 43.4 Å². The molecule has 142 valence electrons. The Balaban J connectivity index is 1.80. The summed E-state index contributed by atoms with van der Waals surface area (Å²) in [6.07, 6.45) is 10.7. The van der Waals surface area contributed by atoms with Crippen molar-refractivity contribution in [3.05, 3.63) is 66.5 Å². The number of para-hydroxylation sites is 1. The van der Waals surface area contributed by atoms with E-state index in [1.807, 2.05) is 6.08 Å². The predicted octanol–water partition coefficient (Wildman–Crippen LogP) is 7.54. The van der Waals surface area contributed by atoms with Crippen LogP contribution in [0.2, 0.25) is 0 Å². The van der Waals surface area contributed by atoms with Gasteiger partial charge in [0.1, 0.15) is 11.3 Å². The summed E-state index contributed by atoms with van der Waals surface area (Å²) < 4.78 is 8.55. The summed E-state index contributed by atoms with van der Waals surface area (Å²) in [6, 6.07) is 13.2. The molecule has 0 aliphatic heterocycles. The topological polar surface area (TPSA) is 18.1 Å². The van der Waals surface area contributed by atoms with E-state index >= 15 is 0 Å². The van der Waals surface area contributed by atoms with Crippen molar-refractivity contribution < 1.29 is 4.42 Å². The summed E-state index contributed by atoms with van der Waals surface area (Å²) in [5.41, 5.74) is 6.16. The number of fused-ring (bicyclic) bond motifs is 4. The van der Waals surface area contributed by atoms with Crippen LogP contribution >= 0.6 is 0 Å². The molecule has 0 atom stereocenters. The van der Waals surface area contributed by atoms with Crippen LogP contribution in [0.15, 0.2) is 59.5 Å². The number of hydrogen-bond acceptors (Lipinski definition) is 1. The van der Waals surface area contributed by atoms with Gasteiger partial charge in [-0.3, -0.25) is 0 Å². The highest BCUT2D eigenvalue weighted by Gasteiger charge is 2.24. The van der Waals surface area contributed by atoms with Crippen molar-refractivity contribution in [1.82, 2.24) is 4.57 Å². The maximum atomic E-state index is 6.29. The maximum Gasteiger partial charge on any atom is 0.137 e. The molecule has 2 heterocycles. The number of furan rings is 1. The molecule has 1 aliphatic rings. The van der Waals surface area contributed by atoms with Crippen molar-refractivity contribution >= 4 is 38.3 Å². The molecule has 0 N–H and O–H groups in total. The second-order valence-electron chi connectivity index (χ2n) is 8.17. The zero-order valence-corrected chi connectivity index (χ0v) is 16.8. The Morgan fingerprint density at radius 2 is 1.82 bits per heavy atom. The zero-order chi connectivity index (χ0) is 19.3. The highest BCUT2D eigenvalue weighted by atomic mass is 16.3. The van der Waals surface area contributed by atoms with Crippen LogP contribution in [-0.2, 0) is 7.05 Å². The maximum absolute atomic E-state index is 6.29. The number of aryl methyl sites for hydroxylation is 2. The molecule has 2 aromatic carbocycles. The number of nitrogens with zero attached hydrogens (tertiary/aromatic N) is 1. The lowest BCUT2D eigenvalue weighted by atomic mass is 9.80. The third-order valence-electron chi connectivity index (χ3n) is 6.53. The highest BCUT2D eigenvalue weighted by molar-refractivity contribution is 6.13. The molecule has 0 spiro atoms. The molecule has 2 heteroatoms. The van der Waals surface area contributed by atoms with Crippen molar-refractivity contribution in [2.24, 2.45) is 13.0 Å². The number of aromatic nitrogens is 1. The number of rotatable bonds is 3. The quantitative estimate of drug-likeness (QED) is 0.341. The molecule has 1 saturated carbocycles. The van der Waals surface area contributed by atoms with Crippen LogP contribution < -0.4 is 0 Å². The van der Waals surface area contributed by atoms with Crippen LogP contribution in [0.25, 0.3) is 38.3 Å². The van der Waals surface area contributed by atoms with E-state index in [1.165, 1.54) is 70.4 Å². The second kappa shape index (κ2) is 6.70. The first-order valence-electron chi connectivity index (χ1n) is 10.4. The van der Waals surface area contributed by atoms with Crippen LogP contribution in [0.3, 0.4) is 0 Å². The van der Waals surface area contributed by atoms with Crippen LogP contribution in [0, 0.1) is 12.8 Å². The number of hydrogen-bond donors (Lipinski definition) is 0. The van der Waals surface area contributed by atoms with Crippen LogP contribution in [-0.4, -0.2) is 4.57 Å². The number of benzene rings is 2. The molecule has 0 bridgehead atoms. The normalized spacial score (nSPS) is 16.4.